The molecule has 1 aromatic rings. The number of amides is 1. The number of thiophene rings is 1. The van der Waals surface area contributed by atoms with E-state index in [2.05, 4.69) is 0 Å². The minimum Gasteiger partial charge on any atom is -0.481 e. The van der Waals surface area contributed by atoms with Crippen molar-refractivity contribution in [2.75, 3.05) is 13.1 Å². The van der Waals surface area contributed by atoms with Gasteiger partial charge in [0.15, 0.2) is 0 Å². The molecule has 2 heterocycles. The van der Waals surface area contributed by atoms with Crippen LogP contribution in [0.15, 0.2) is 6.07 Å². The average Bonchev–Trinajstić information content (AvgIpc) is 2.67. The smallest absolute Gasteiger partial charge is 0.308 e. The number of nitrogens with zero attached hydrogens (tertiary/aromatic N) is 1. The highest BCUT2D eigenvalue weighted by atomic mass is 35.5. The number of carbonyl (C=O) groups is 2. The van der Waals surface area contributed by atoms with Gasteiger partial charge in [-0.3, -0.25) is 9.59 Å². The summed E-state index contributed by atoms with van der Waals surface area (Å²) in [7, 11) is 0. The van der Waals surface area contributed by atoms with Crippen molar-refractivity contribution >= 4 is 46.4 Å². The van der Waals surface area contributed by atoms with Crippen LogP contribution in [0, 0.1) is 5.92 Å². The first-order chi connectivity index (χ1) is 8.49. The molecule has 7 heteroatoms. The molecule has 98 valence electrons. The molecule has 1 saturated heterocycles. The summed E-state index contributed by atoms with van der Waals surface area (Å²) < 4.78 is 0.803. The fourth-order valence-corrected chi connectivity index (χ4v) is 3.47. The Bertz CT molecular complexity index is 489. The molecule has 4 nitrogen and oxygen atoms in total. The third-order valence-corrected chi connectivity index (χ3v) is 4.43. The molecule has 0 aliphatic carbocycles. The molecule has 0 aromatic carbocycles. The zero-order valence-electron chi connectivity index (χ0n) is 9.36. The summed E-state index contributed by atoms with van der Waals surface area (Å²) in [5.41, 5.74) is 0.359. The van der Waals surface area contributed by atoms with Gasteiger partial charge in [-0.15, -0.1) is 11.3 Å². The van der Waals surface area contributed by atoms with Crippen molar-refractivity contribution in [3.05, 3.63) is 20.3 Å². The summed E-state index contributed by atoms with van der Waals surface area (Å²) in [6.07, 6.45) is 1.30. The topological polar surface area (TPSA) is 57.6 Å². The van der Waals surface area contributed by atoms with Gasteiger partial charge in [0, 0.05) is 13.1 Å². The largest absolute Gasteiger partial charge is 0.481 e. The summed E-state index contributed by atoms with van der Waals surface area (Å²) >= 11 is 12.9. The van der Waals surface area contributed by atoms with E-state index in [-0.39, 0.29) is 12.5 Å². The molecule has 0 saturated carbocycles. The maximum atomic E-state index is 12.2. The Hall–Kier alpha value is -0.780. The quantitative estimate of drug-likeness (QED) is 0.913. The van der Waals surface area contributed by atoms with Crippen LogP contribution in [0.3, 0.4) is 0 Å². The van der Waals surface area contributed by atoms with Crippen molar-refractivity contribution in [1.82, 2.24) is 4.90 Å². The van der Waals surface area contributed by atoms with Crippen molar-refractivity contribution in [2.45, 2.75) is 12.8 Å². The first-order valence-electron chi connectivity index (χ1n) is 5.46. The summed E-state index contributed by atoms with van der Waals surface area (Å²) in [5, 5.41) is 8.98. The monoisotopic (exact) mass is 307 g/mol. The van der Waals surface area contributed by atoms with E-state index in [1.807, 2.05) is 0 Å². The minimum absolute atomic E-state index is 0.234. The zero-order chi connectivity index (χ0) is 13.3. The molecular formula is C11H11Cl2NO3S. The standard InChI is InChI=1S/C11H11Cl2NO3S/c12-8-4-7(9(13)18-8)10(15)14-3-1-2-6(5-14)11(16)17/h4,6H,1-3,5H2,(H,16,17). The Labute approximate surface area is 118 Å². The zero-order valence-corrected chi connectivity index (χ0v) is 11.7. The number of piperidine rings is 1. The fourth-order valence-electron chi connectivity index (χ4n) is 2.02. The Balaban J connectivity index is 2.14. The summed E-state index contributed by atoms with van der Waals surface area (Å²) in [6.45, 7) is 0.796. The van der Waals surface area contributed by atoms with Gasteiger partial charge in [0.1, 0.15) is 4.34 Å². The number of hydrogen-bond donors (Lipinski definition) is 1. The molecule has 18 heavy (non-hydrogen) atoms. The van der Waals surface area contributed by atoms with E-state index in [4.69, 9.17) is 28.3 Å². The van der Waals surface area contributed by atoms with Crippen molar-refractivity contribution < 1.29 is 14.7 Å². The SMILES string of the molecule is O=C(O)C1CCCN(C(=O)c2cc(Cl)sc2Cl)C1. The van der Waals surface area contributed by atoms with Gasteiger partial charge in [0.05, 0.1) is 15.8 Å². The summed E-state index contributed by atoms with van der Waals surface area (Å²) in [5.74, 6) is -1.59. The van der Waals surface area contributed by atoms with Crippen LogP contribution in [0.5, 0.6) is 0 Å². The molecule has 1 fully saturated rings. The molecule has 1 atom stereocenters. The van der Waals surface area contributed by atoms with Crippen LogP contribution in [0.1, 0.15) is 23.2 Å². The second-order valence-corrected chi connectivity index (χ2v) is 6.45. The highest BCUT2D eigenvalue weighted by Gasteiger charge is 2.29. The van der Waals surface area contributed by atoms with E-state index in [1.54, 1.807) is 0 Å². The van der Waals surface area contributed by atoms with E-state index in [0.29, 0.717) is 33.6 Å². The number of likely N-dealkylation sites (tertiary alicyclic amines) is 1. The van der Waals surface area contributed by atoms with Gasteiger partial charge in [-0.05, 0) is 18.9 Å². The van der Waals surface area contributed by atoms with Gasteiger partial charge in [0.2, 0.25) is 0 Å². The average molecular weight is 308 g/mol. The lowest BCUT2D eigenvalue weighted by Gasteiger charge is -2.30. The molecule has 1 aliphatic heterocycles. The normalized spacial score (nSPS) is 19.9. The molecule has 1 amide bonds. The fraction of sp³-hybridized carbons (Fsp3) is 0.455. The third kappa shape index (κ3) is 2.79. The lowest BCUT2D eigenvalue weighted by Crippen LogP contribution is -2.42. The third-order valence-electron chi connectivity index (χ3n) is 2.94. The number of rotatable bonds is 2. The van der Waals surface area contributed by atoms with Crippen LogP contribution in [-0.2, 0) is 4.79 Å². The second-order valence-electron chi connectivity index (χ2n) is 4.17. The molecule has 1 aromatic heterocycles. The first kappa shape index (κ1) is 13.6. The highest BCUT2D eigenvalue weighted by Crippen LogP contribution is 2.32. The van der Waals surface area contributed by atoms with Crippen LogP contribution in [0.4, 0.5) is 0 Å². The number of aliphatic carboxylic acids is 1. The van der Waals surface area contributed by atoms with Crippen molar-refractivity contribution in [3.8, 4) is 0 Å². The highest BCUT2D eigenvalue weighted by molar-refractivity contribution is 7.20. The Kier molecular flexibility index (Phi) is 4.14. The van der Waals surface area contributed by atoms with Crippen LogP contribution < -0.4 is 0 Å². The summed E-state index contributed by atoms with van der Waals surface area (Å²) in [6, 6.07) is 1.53. The predicted octanol–water partition coefficient (Wildman–Crippen LogP) is 2.99. The van der Waals surface area contributed by atoms with E-state index < -0.39 is 11.9 Å². The molecule has 1 aliphatic rings. The number of carboxylic acid groups (broad SMARTS) is 1. The van der Waals surface area contributed by atoms with Gasteiger partial charge in [-0.1, -0.05) is 23.2 Å². The molecule has 0 spiro atoms. The van der Waals surface area contributed by atoms with Crippen LogP contribution >= 0.6 is 34.5 Å². The number of carbonyl (C=O) groups excluding carboxylic acids is 1. The van der Waals surface area contributed by atoms with Crippen LogP contribution in [0.25, 0.3) is 0 Å². The van der Waals surface area contributed by atoms with Gasteiger partial charge in [0.25, 0.3) is 5.91 Å². The lowest BCUT2D eigenvalue weighted by molar-refractivity contribution is -0.143. The Morgan fingerprint density at radius 1 is 1.44 bits per heavy atom. The molecule has 0 radical (unpaired) electrons. The van der Waals surface area contributed by atoms with Crippen molar-refractivity contribution in [3.63, 3.8) is 0 Å². The number of carboxylic acids is 1. The minimum atomic E-state index is -0.859. The second kappa shape index (κ2) is 5.47. The lowest BCUT2D eigenvalue weighted by atomic mass is 9.98. The maximum absolute atomic E-state index is 12.2. The molecule has 1 unspecified atom stereocenters. The Morgan fingerprint density at radius 2 is 2.17 bits per heavy atom. The van der Waals surface area contributed by atoms with Gasteiger partial charge in [-0.2, -0.15) is 0 Å². The Morgan fingerprint density at radius 3 is 2.72 bits per heavy atom. The van der Waals surface area contributed by atoms with E-state index in [1.165, 1.54) is 11.0 Å². The van der Waals surface area contributed by atoms with Crippen LogP contribution in [0.2, 0.25) is 8.67 Å². The van der Waals surface area contributed by atoms with Gasteiger partial charge < -0.3 is 10.0 Å². The first-order valence-corrected chi connectivity index (χ1v) is 7.03. The number of hydrogen-bond acceptors (Lipinski definition) is 3. The molecule has 2 rings (SSSR count). The van der Waals surface area contributed by atoms with Gasteiger partial charge in [-0.25, -0.2) is 0 Å². The number of halogens is 2. The maximum Gasteiger partial charge on any atom is 0.308 e. The van der Waals surface area contributed by atoms with Crippen molar-refractivity contribution in [2.24, 2.45) is 5.92 Å². The van der Waals surface area contributed by atoms with E-state index in [0.717, 1.165) is 11.3 Å². The van der Waals surface area contributed by atoms with Crippen LogP contribution in [-0.4, -0.2) is 35.0 Å². The van der Waals surface area contributed by atoms with Crippen molar-refractivity contribution in [1.29, 1.82) is 0 Å². The molecular weight excluding hydrogens is 297 g/mol. The summed E-state index contributed by atoms with van der Waals surface area (Å²) in [4.78, 5) is 24.7. The predicted molar refractivity (Wildman–Crippen MR) is 70.6 cm³/mol. The van der Waals surface area contributed by atoms with E-state index >= 15 is 0 Å². The molecule has 0 bridgehead atoms. The van der Waals surface area contributed by atoms with E-state index in [9.17, 15) is 9.59 Å². The molecule has 1 N–H and O–H groups in total. The van der Waals surface area contributed by atoms with Gasteiger partial charge >= 0.3 is 5.97 Å².